The standard InChI is InChI=1S/C35H46ClN5O9S/c1-9-19-17-35(19,31(44)40-51(46,47)21-14-15-21)39-28(42)24-16-20(49-29-23-13-11-10-12-22(23)25(48-8)27(36)38-29)18-41(24)30(43)26(33(2,3)4)37-32(45)50-34(5,6)7/h9-13,19-21,24,26H,1,14-18H2,2-8H3,(H,37,45)(H,39,42)(H,40,44). The highest BCUT2D eigenvalue weighted by molar-refractivity contribution is 7.91. The maximum Gasteiger partial charge on any atom is 0.408 e. The molecule has 5 unspecified atom stereocenters. The minimum Gasteiger partial charge on any atom is -0.493 e. The third-order valence-corrected chi connectivity index (χ3v) is 11.2. The molecule has 14 nitrogen and oxygen atoms in total. The van der Waals surface area contributed by atoms with E-state index in [-0.39, 0.29) is 30.4 Å². The average molecular weight is 748 g/mol. The largest absolute Gasteiger partial charge is 0.493 e. The predicted molar refractivity (Wildman–Crippen MR) is 190 cm³/mol. The Bertz CT molecular complexity index is 1850. The number of hydrogen-bond donors (Lipinski definition) is 3. The summed E-state index contributed by atoms with van der Waals surface area (Å²) in [5.74, 6) is -2.18. The molecular formula is C35H46ClN5O9S. The van der Waals surface area contributed by atoms with Crippen molar-refractivity contribution in [3.63, 3.8) is 0 Å². The number of benzene rings is 1. The second-order valence-corrected chi connectivity index (χ2v) is 17.7. The summed E-state index contributed by atoms with van der Waals surface area (Å²) in [5, 5.41) is 6.07. The zero-order valence-electron chi connectivity index (χ0n) is 29.9. The van der Waals surface area contributed by atoms with Crippen molar-refractivity contribution in [1.82, 2.24) is 25.2 Å². The van der Waals surface area contributed by atoms with Gasteiger partial charge in [-0.3, -0.25) is 19.1 Å². The number of alkyl carbamates (subject to hydrolysis) is 1. The number of carbonyl (C=O) groups excluding carboxylic acids is 4. The van der Waals surface area contributed by atoms with E-state index in [1.54, 1.807) is 59.7 Å². The molecule has 4 amide bonds. The highest BCUT2D eigenvalue weighted by Crippen LogP contribution is 2.46. The minimum absolute atomic E-state index is 0.0304. The number of halogens is 1. The smallest absolute Gasteiger partial charge is 0.408 e. The summed E-state index contributed by atoms with van der Waals surface area (Å²) >= 11 is 6.46. The Morgan fingerprint density at radius 1 is 1.10 bits per heavy atom. The van der Waals surface area contributed by atoms with Gasteiger partial charge in [-0.1, -0.05) is 56.6 Å². The molecule has 1 aromatic heterocycles. The SMILES string of the molecule is C=CC1CC1(NC(=O)C1CC(Oc2nc(Cl)c(OC)c3ccccc23)CN1C(=O)C(NC(=O)OC(C)(C)C)C(C)(C)C)C(=O)NS(=O)(=O)C1CC1. The van der Waals surface area contributed by atoms with Crippen LogP contribution >= 0.6 is 11.6 Å². The minimum atomic E-state index is -3.91. The number of pyridine rings is 1. The van der Waals surface area contributed by atoms with Gasteiger partial charge in [0.25, 0.3) is 5.91 Å². The maximum atomic E-state index is 14.5. The van der Waals surface area contributed by atoms with E-state index in [9.17, 15) is 27.6 Å². The van der Waals surface area contributed by atoms with E-state index < -0.39 is 79.7 Å². The number of hydrogen-bond acceptors (Lipinski definition) is 10. The molecule has 3 aliphatic rings. The highest BCUT2D eigenvalue weighted by atomic mass is 35.5. The lowest BCUT2D eigenvalue weighted by atomic mass is 9.85. The van der Waals surface area contributed by atoms with Crippen molar-refractivity contribution >= 4 is 56.2 Å². The number of likely N-dealkylation sites (tertiary alicyclic amines) is 1. The second-order valence-electron chi connectivity index (χ2n) is 15.4. The quantitative estimate of drug-likeness (QED) is 0.226. The van der Waals surface area contributed by atoms with Crippen molar-refractivity contribution in [1.29, 1.82) is 0 Å². The molecular weight excluding hydrogens is 702 g/mol. The molecule has 2 saturated carbocycles. The van der Waals surface area contributed by atoms with Gasteiger partial charge in [0.1, 0.15) is 29.3 Å². The van der Waals surface area contributed by atoms with E-state index in [0.717, 1.165) is 0 Å². The normalized spacial score (nSPS) is 23.9. The zero-order chi connectivity index (χ0) is 37.7. The molecule has 16 heteroatoms. The summed E-state index contributed by atoms with van der Waals surface area (Å²) in [5.41, 5.74) is -3.25. The van der Waals surface area contributed by atoms with E-state index in [0.29, 0.717) is 29.4 Å². The third-order valence-electron chi connectivity index (χ3n) is 9.14. The number of nitrogens with zero attached hydrogens (tertiary/aromatic N) is 2. The summed E-state index contributed by atoms with van der Waals surface area (Å²) in [7, 11) is -2.44. The van der Waals surface area contributed by atoms with Crippen LogP contribution < -0.4 is 24.8 Å². The lowest BCUT2D eigenvalue weighted by Gasteiger charge is -2.36. The number of amides is 4. The fourth-order valence-corrected chi connectivity index (χ4v) is 7.87. The first-order valence-electron chi connectivity index (χ1n) is 16.8. The van der Waals surface area contributed by atoms with Gasteiger partial charge in [0.15, 0.2) is 10.9 Å². The zero-order valence-corrected chi connectivity index (χ0v) is 31.4. The Morgan fingerprint density at radius 3 is 2.29 bits per heavy atom. The van der Waals surface area contributed by atoms with Gasteiger partial charge in [-0.25, -0.2) is 13.2 Å². The van der Waals surface area contributed by atoms with Crippen LogP contribution in [-0.4, -0.2) is 90.3 Å². The van der Waals surface area contributed by atoms with Crippen LogP contribution in [0.1, 0.15) is 67.2 Å². The van der Waals surface area contributed by atoms with E-state index >= 15 is 0 Å². The molecule has 1 aromatic carbocycles. The first kappa shape index (κ1) is 38.1. The van der Waals surface area contributed by atoms with Crippen molar-refractivity contribution in [3.8, 4) is 11.6 Å². The summed E-state index contributed by atoms with van der Waals surface area (Å²) in [6.07, 6.45) is 0.870. The van der Waals surface area contributed by atoms with Gasteiger partial charge < -0.3 is 29.7 Å². The predicted octanol–water partition coefficient (Wildman–Crippen LogP) is 3.85. The fraction of sp³-hybridized carbons (Fsp3) is 0.571. The van der Waals surface area contributed by atoms with Gasteiger partial charge in [-0.2, -0.15) is 4.98 Å². The Kier molecular flexibility index (Phi) is 10.3. The van der Waals surface area contributed by atoms with Gasteiger partial charge in [-0.05, 0) is 51.5 Å². The van der Waals surface area contributed by atoms with Crippen LogP contribution in [0.25, 0.3) is 10.8 Å². The first-order valence-corrected chi connectivity index (χ1v) is 18.7. The van der Waals surface area contributed by atoms with E-state index in [1.165, 1.54) is 18.1 Å². The molecule has 3 N–H and O–H groups in total. The summed E-state index contributed by atoms with van der Waals surface area (Å²) in [4.78, 5) is 60.8. The molecule has 0 spiro atoms. The van der Waals surface area contributed by atoms with Crippen LogP contribution in [-0.2, 0) is 29.1 Å². The molecule has 278 valence electrons. The number of nitrogens with one attached hydrogen (secondary N) is 3. The molecule has 51 heavy (non-hydrogen) atoms. The number of methoxy groups -OCH3 is 1. The van der Waals surface area contributed by atoms with E-state index in [2.05, 4.69) is 26.9 Å². The highest BCUT2D eigenvalue weighted by Gasteiger charge is 2.62. The molecule has 3 fully saturated rings. The number of rotatable bonds is 11. The second kappa shape index (κ2) is 13.8. The first-order chi connectivity index (χ1) is 23.7. The van der Waals surface area contributed by atoms with Crippen molar-refractivity contribution < 1.29 is 41.8 Å². The average Bonchev–Trinajstić information content (AvgIpc) is 3.95. The molecule has 2 aromatic rings. The Hall–Kier alpha value is -4.11. The fourth-order valence-electron chi connectivity index (χ4n) is 6.25. The van der Waals surface area contributed by atoms with Crippen LogP contribution in [0.3, 0.4) is 0 Å². The van der Waals surface area contributed by atoms with Crippen LogP contribution in [0.15, 0.2) is 36.9 Å². The number of aromatic nitrogens is 1. The van der Waals surface area contributed by atoms with E-state index in [4.69, 9.17) is 25.8 Å². The molecule has 1 aliphatic heterocycles. The van der Waals surface area contributed by atoms with E-state index in [1.807, 2.05) is 6.07 Å². The van der Waals surface area contributed by atoms with Crippen molar-refractivity contribution in [3.05, 3.63) is 42.1 Å². The molecule has 2 aliphatic carbocycles. The molecule has 1 saturated heterocycles. The molecule has 0 bridgehead atoms. The summed E-state index contributed by atoms with van der Waals surface area (Å²) < 4.78 is 44.7. The van der Waals surface area contributed by atoms with Crippen LogP contribution in [0.4, 0.5) is 4.79 Å². The Morgan fingerprint density at radius 2 is 1.75 bits per heavy atom. The monoisotopic (exact) mass is 747 g/mol. The molecule has 2 heterocycles. The summed E-state index contributed by atoms with van der Waals surface area (Å²) in [6.45, 7) is 14.0. The number of ether oxygens (including phenoxy) is 3. The molecule has 5 atom stereocenters. The Balaban J connectivity index is 1.47. The number of fused-ring (bicyclic) bond motifs is 1. The van der Waals surface area contributed by atoms with Crippen molar-refractivity contribution in [2.75, 3.05) is 13.7 Å². The third kappa shape index (κ3) is 8.19. The number of carbonyl (C=O) groups is 4. The van der Waals surface area contributed by atoms with Crippen LogP contribution in [0, 0.1) is 11.3 Å². The van der Waals surface area contributed by atoms with Crippen LogP contribution in [0.2, 0.25) is 5.15 Å². The number of sulfonamides is 1. The lowest BCUT2D eigenvalue weighted by Crippen LogP contribution is -2.60. The van der Waals surface area contributed by atoms with Gasteiger partial charge >= 0.3 is 6.09 Å². The van der Waals surface area contributed by atoms with Gasteiger partial charge in [0, 0.05) is 23.1 Å². The molecule has 0 radical (unpaired) electrons. The topological polar surface area (TPSA) is 182 Å². The maximum absolute atomic E-state index is 14.5. The van der Waals surface area contributed by atoms with Crippen molar-refractivity contribution in [2.24, 2.45) is 11.3 Å². The van der Waals surface area contributed by atoms with Gasteiger partial charge in [-0.15, -0.1) is 6.58 Å². The Labute approximate surface area is 303 Å². The summed E-state index contributed by atoms with van der Waals surface area (Å²) in [6, 6.07) is 4.84. The van der Waals surface area contributed by atoms with Crippen LogP contribution in [0.5, 0.6) is 11.6 Å². The van der Waals surface area contributed by atoms with Gasteiger partial charge in [0.2, 0.25) is 27.7 Å². The van der Waals surface area contributed by atoms with Gasteiger partial charge in [0.05, 0.1) is 18.9 Å². The lowest BCUT2D eigenvalue weighted by molar-refractivity contribution is -0.143. The van der Waals surface area contributed by atoms with Crippen molar-refractivity contribution in [2.45, 2.75) is 102 Å². The molecule has 5 rings (SSSR count).